The van der Waals surface area contributed by atoms with Gasteiger partial charge in [0.15, 0.2) is 6.10 Å². The number of carbonyl (C=O) groups excluding carboxylic acids is 1. The molecule has 0 saturated carbocycles. The Labute approximate surface area is 131 Å². The van der Waals surface area contributed by atoms with Crippen LogP contribution in [0.3, 0.4) is 0 Å². The van der Waals surface area contributed by atoms with E-state index in [4.69, 9.17) is 4.74 Å². The van der Waals surface area contributed by atoms with Gasteiger partial charge in [0.25, 0.3) is 5.69 Å². The summed E-state index contributed by atoms with van der Waals surface area (Å²) in [5.41, 5.74) is 0.153. The third kappa shape index (κ3) is 4.69. The van der Waals surface area contributed by atoms with E-state index in [0.717, 1.165) is 0 Å². The average molecular weight is 313 g/mol. The lowest BCUT2D eigenvalue weighted by atomic mass is 10.2. The Hall–Kier alpha value is -2.70. The van der Waals surface area contributed by atoms with Crippen LogP contribution in [-0.4, -0.2) is 28.5 Å². The molecular weight excluding hydrogens is 302 g/mol. The normalized spacial score (nSPS) is 17.9. The lowest BCUT2D eigenvalue weighted by Crippen LogP contribution is -2.14. The number of allylic oxidation sites excluding steroid dienone is 1. The predicted molar refractivity (Wildman–Crippen MR) is 84.3 cm³/mol. The standard InChI is InChI=1S/C16H11NO4S/c18-16(13-7-9-14(10-8-13)17(19)20)21-15-5-2-1-3-11-22-12-4-6-15/h2,5,7-10,15H,11-12H2/b5-2-. The second-order valence-electron chi connectivity index (χ2n) is 4.12. The number of esters is 1. The van der Waals surface area contributed by atoms with Crippen molar-refractivity contribution in [1.29, 1.82) is 0 Å². The van der Waals surface area contributed by atoms with Crippen molar-refractivity contribution in [3.8, 4) is 23.7 Å². The molecule has 1 aliphatic heterocycles. The van der Waals surface area contributed by atoms with Crippen LogP contribution >= 0.6 is 11.8 Å². The summed E-state index contributed by atoms with van der Waals surface area (Å²) < 4.78 is 5.26. The molecule has 0 amide bonds. The molecule has 6 heteroatoms. The Morgan fingerprint density at radius 3 is 2.73 bits per heavy atom. The van der Waals surface area contributed by atoms with E-state index in [1.165, 1.54) is 24.3 Å². The molecule has 0 fully saturated rings. The molecule has 0 N–H and O–H groups in total. The number of non-ortho nitro benzene ring substituents is 1. The monoisotopic (exact) mass is 313 g/mol. The average Bonchev–Trinajstić information content (AvgIpc) is 2.53. The second-order valence-corrected chi connectivity index (χ2v) is 5.11. The van der Waals surface area contributed by atoms with E-state index in [2.05, 4.69) is 23.7 Å². The first-order chi connectivity index (χ1) is 10.7. The summed E-state index contributed by atoms with van der Waals surface area (Å²) in [6.45, 7) is 0. The summed E-state index contributed by atoms with van der Waals surface area (Å²) in [5, 5.41) is 10.6. The molecule has 5 nitrogen and oxygen atoms in total. The van der Waals surface area contributed by atoms with Crippen LogP contribution in [0.1, 0.15) is 10.4 Å². The second kappa shape index (κ2) is 7.92. The van der Waals surface area contributed by atoms with Gasteiger partial charge in [-0.25, -0.2) is 4.79 Å². The fourth-order valence-electron chi connectivity index (χ4n) is 1.55. The number of nitro groups is 1. The van der Waals surface area contributed by atoms with E-state index in [-0.39, 0.29) is 11.3 Å². The van der Waals surface area contributed by atoms with Gasteiger partial charge in [-0.3, -0.25) is 10.1 Å². The van der Waals surface area contributed by atoms with Crippen LogP contribution in [0, 0.1) is 33.8 Å². The number of hydrogen-bond acceptors (Lipinski definition) is 5. The molecule has 0 aliphatic carbocycles. The van der Waals surface area contributed by atoms with E-state index in [1.807, 2.05) is 0 Å². The summed E-state index contributed by atoms with van der Waals surface area (Å²) in [6, 6.07) is 5.22. The summed E-state index contributed by atoms with van der Waals surface area (Å²) in [6.07, 6.45) is 2.53. The minimum absolute atomic E-state index is 0.0813. The van der Waals surface area contributed by atoms with Gasteiger partial charge in [-0.1, -0.05) is 23.7 Å². The highest BCUT2D eigenvalue weighted by atomic mass is 32.2. The van der Waals surface area contributed by atoms with Gasteiger partial charge in [-0.05, 0) is 24.3 Å². The topological polar surface area (TPSA) is 69.4 Å². The van der Waals surface area contributed by atoms with Gasteiger partial charge in [0, 0.05) is 12.1 Å². The molecule has 1 atom stereocenters. The quantitative estimate of drug-likeness (QED) is 0.371. The Balaban J connectivity index is 2.08. The van der Waals surface area contributed by atoms with Crippen LogP contribution in [0.5, 0.6) is 0 Å². The Morgan fingerprint density at radius 2 is 2.00 bits per heavy atom. The highest BCUT2D eigenvalue weighted by Gasteiger charge is 2.13. The number of ether oxygens (including phenoxy) is 1. The lowest BCUT2D eigenvalue weighted by Gasteiger charge is -2.08. The van der Waals surface area contributed by atoms with E-state index < -0.39 is 17.0 Å². The van der Waals surface area contributed by atoms with Gasteiger partial charge in [0.2, 0.25) is 0 Å². The maximum atomic E-state index is 12.0. The third-order valence-corrected chi connectivity index (χ3v) is 3.29. The third-order valence-electron chi connectivity index (χ3n) is 2.60. The van der Waals surface area contributed by atoms with E-state index in [9.17, 15) is 14.9 Å². The summed E-state index contributed by atoms with van der Waals surface area (Å²) in [5.74, 6) is 12.3. The van der Waals surface area contributed by atoms with Crippen LogP contribution < -0.4 is 0 Å². The number of nitrogens with zero attached hydrogens (tertiary/aromatic N) is 1. The van der Waals surface area contributed by atoms with Crippen molar-refractivity contribution in [3.63, 3.8) is 0 Å². The number of benzene rings is 1. The predicted octanol–water partition coefficient (Wildman–Crippen LogP) is 2.43. The number of thioether (sulfide) groups is 1. The van der Waals surface area contributed by atoms with Crippen molar-refractivity contribution in [2.75, 3.05) is 11.5 Å². The zero-order valence-corrected chi connectivity index (χ0v) is 12.3. The van der Waals surface area contributed by atoms with Crippen LogP contribution in [0.2, 0.25) is 0 Å². The molecule has 0 saturated heterocycles. The van der Waals surface area contributed by atoms with Crippen molar-refractivity contribution in [2.45, 2.75) is 6.10 Å². The summed E-state index contributed by atoms with van der Waals surface area (Å²) in [4.78, 5) is 22.1. The Morgan fingerprint density at radius 1 is 1.27 bits per heavy atom. The van der Waals surface area contributed by atoms with Crippen molar-refractivity contribution in [3.05, 3.63) is 52.1 Å². The number of rotatable bonds is 3. The van der Waals surface area contributed by atoms with Crippen LogP contribution in [-0.2, 0) is 4.74 Å². The molecular formula is C16H11NO4S. The van der Waals surface area contributed by atoms with Gasteiger partial charge >= 0.3 is 5.97 Å². The molecule has 1 aromatic rings. The van der Waals surface area contributed by atoms with Gasteiger partial charge < -0.3 is 4.74 Å². The first-order valence-electron chi connectivity index (χ1n) is 6.33. The molecule has 22 heavy (non-hydrogen) atoms. The van der Waals surface area contributed by atoms with Gasteiger partial charge in [0.05, 0.1) is 22.0 Å². The van der Waals surface area contributed by atoms with Gasteiger partial charge in [-0.2, -0.15) is 0 Å². The largest absolute Gasteiger partial charge is 0.441 e. The van der Waals surface area contributed by atoms with Crippen LogP contribution in [0.15, 0.2) is 36.4 Å². The minimum atomic E-state index is -0.685. The molecule has 110 valence electrons. The number of nitro benzene ring substituents is 1. The molecule has 1 aromatic carbocycles. The fourth-order valence-corrected chi connectivity index (χ4v) is 2.02. The highest BCUT2D eigenvalue weighted by molar-refractivity contribution is 7.99. The molecule has 1 heterocycles. The number of carbonyl (C=O) groups is 1. The Bertz CT molecular complexity index is 716. The van der Waals surface area contributed by atoms with Gasteiger partial charge in [0.1, 0.15) is 0 Å². The molecule has 0 bridgehead atoms. The molecule has 0 aromatic heterocycles. The minimum Gasteiger partial charge on any atom is -0.441 e. The van der Waals surface area contributed by atoms with Crippen molar-refractivity contribution in [1.82, 2.24) is 0 Å². The van der Waals surface area contributed by atoms with E-state index in [1.54, 1.807) is 23.9 Å². The molecule has 0 spiro atoms. The summed E-state index contributed by atoms with van der Waals surface area (Å²) in [7, 11) is 0. The zero-order valence-electron chi connectivity index (χ0n) is 11.4. The van der Waals surface area contributed by atoms with Crippen molar-refractivity contribution >= 4 is 23.4 Å². The maximum absolute atomic E-state index is 12.0. The lowest BCUT2D eigenvalue weighted by molar-refractivity contribution is -0.384. The fraction of sp³-hybridized carbons (Fsp3) is 0.188. The van der Waals surface area contributed by atoms with Crippen molar-refractivity contribution in [2.24, 2.45) is 0 Å². The maximum Gasteiger partial charge on any atom is 0.339 e. The molecule has 1 unspecified atom stereocenters. The van der Waals surface area contributed by atoms with E-state index in [0.29, 0.717) is 11.5 Å². The smallest absolute Gasteiger partial charge is 0.339 e. The van der Waals surface area contributed by atoms with Crippen LogP contribution in [0.4, 0.5) is 5.69 Å². The molecule has 2 rings (SSSR count). The first kappa shape index (κ1) is 15.7. The van der Waals surface area contributed by atoms with Crippen molar-refractivity contribution < 1.29 is 14.5 Å². The molecule has 0 radical (unpaired) electrons. The van der Waals surface area contributed by atoms with E-state index >= 15 is 0 Å². The zero-order chi connectivity index (χ0) is 15.8. The SMILES string of the molecule is O=C(OC1C#CCSCC#C/C=C\1)c1ccc([N+](=O)[O-])cc1. The highest BCUT2D eigenvalue weighted by Crippen LogP contribution is 2.13. The van der Waals surface area contributed by atoms with Gasteiger partial charge in [-0.15, -0.1) is 11.8 Å². The molecule has 1 aliphatic rings. The first-order valence-corrected chi connectivity index (χ1v) is 7.49. The summed E-state index contributed by atoms with van der Waals surface area (Å²) >= 11 is 1.59. The van der Waals surface area contributed by atoms with Crippen LogP contribution in [0.25, 0.3) is 0 Å². The Kier molecular flexibility index (Phi) is 5.65. The number of hydrogen-bond donors (Lipinski definition) is 0.